The van der Waals surface area contributed by atoms with Crippen molar-refractivity contribution in [2.75, 3.05) is 0 Å². The molecule has 0 fully saturated rings. The highest BCUT2D eigenvalue weighted by atomic mass is 16.5. The van der Waals surface area contributed by atoms with Gasteiger partial charge in [0.15, 0.2) is 0 Å². The molecule has 0 N–H and O–H groups in total. The third-order valence-electron chi connectivity index (χ3n) is 9.62. The minimum Gasteiger partial charge on any atom is -0.488 e. The van der Waals surface area contributed by atoms with E-state index in [9.17, 15) is 0 Å². The first-order valence-corrected chi connectivity index (χ1v) is 17.1. The predicted octanol–water partition coefficient (Wildman–Crippen LogP) is 12.6. The number of pyridine rings is 1. The van der Waals surface area contributed by atoms with Gasteiger partial charge in [-0.15, -0.1) is 0 Å². The molecule has 9 rings (SSSR count). The van der Waals surface area contributed by atoms with Crippen molar-refractivity contribution in [3.05, 3.63) is 194 Å². The molecular formula is C48H33NO. The Kier molecular flexibility index (Phi) is 7.60. The zero-order valence-corrected chi connectivity index (χ0v) is 27.5. The molecule has 8 aromatic rings. The lowest BCUT2D eigenvalue weighted by atomic mass is 9.88. The number of benzene rings is 7. The van der Waals surface area contributed by atoms with Gasteiger partial charge in [-0.25, -0.2) is 4.98 Å². The monoisotopic (exact) mass is 639 g/mol. The predicted molar refractivity (Wildman–Crippen MR) is 207 cm³/mol. The first-order valence-electron chi connectivity index (χ1n) is 17.1. The normalized spacial score (nSPS) is 11.7. The van der Waals surface area contributed by atoms with E-state index in [0.29, 0.717) is 6.61 Å². The van der Waals surface area contributed by atoms with E-state index < -0.39 is 0 Å². The highest BCUT2D eigenvalue weighted by Crippen LogP contribution is 2.43. The van der Waals surface area contributed by atoms with Crippen molar-refractivity contribution in [1.82, 2.24) is 4.98 Å². The van der Waals surface area contributed by atoms with Gasteiger partial charge in [0.25, 0.3) is 0 Å². The van der Waals surface area contributed by atoms with Gasteiger partial charge in [0, 0.05) is 16.7 Å². The van der Waals surface area contributed by atoms with Crippen LogP contribution in [-0.4, -0.2) is 4.98 Å². The van der Waals surface area contributed by atoms with E-state index in [0.717, 1.165) is 45.0 Å². The van der Waals surface area contributed by atoms with Crippen LogP contribution < -0.4 is 4.74 Å². The highest BCUT2D eigenvalue weighted by molar-refractivity contribution is 5.90. The van der Waals surface area contributed by atoms with Crippen LogP contribution in [0.1, 0.15) is 5.56 Å². The second kappa shape index (κ2) is 12.8. The van der Waals surface area contributed by atoms with Gasteiger partial charge < -0.3 is 4.74 Å². The number of aromatic nitrogens is 1. The minimum atomic E-state index is 0.580. The number of ether oxygens (including phenoxy) is 1. The zero-order valence-electron chi connectivity index (χ0n) is 27.5. The number of rotatable bonds is 6. The van der Waals surface area contributed by atoms with Gasteiger partial charge in [-0.1, -0.05) is 170 Å². The van der Waals surface area contributed by atoms with Crippen LogP contribution in [0.3, 0.4) is 0 Å². The zero-order chi connectivity index (χ0) is 33.3. The Balaban J connectivity index is 1.11. The molecule has 1 aliphatic heterocycles. The van der Waals surface area contributed by atoms with Crippen molar-refractivity contribution in [2.24, 2.45) is 0 Å². The summed E-state index contributed by atoms with van der Waals surface area (Å²) in [5.74, 6) is 0.936. The van der Waals surface area contributed by atoms with Crippen LogP contribution in [0.25, 0.3) is 78.1 Å². The molecule has 2 heterocycles. The summed E-state index contributed by atoms with van der Waals surface area (Å²) < 4.78 is 6.06. The average molecular weight is 640 g/mol. The van der Waals surface area contributed by atoms with Crippen molar-refractivity contribution in [1.29, 1.82) is 0 Å². The maximum absolute atomic E-state index is 6.06. The van der Waals surface area contributed by atoms with Crippen LogP contribution >= 0.6 is 0 Å². The molecule has 1 aliphatic rings. The summed E-state index contributed by atoms with van der Waals surface area (Å²) >= 11 is 0. The van der Waals surface area contributed by atoms with E-state index in [-0.39, 0.29) is 0 Å². The van der Waals surface area contributed by atoms with Crippen LogP contribution in [0, 0.1) is 0 Å². The van der Waals surface area contributed by atoms with E-state index in [1.807, 2.05) is 6.07 Å². The topological polar surface area (TPSA) is 22.1 Å². The molecule has 0 radical (unpaired) electrons. The van der Waals surface area contributed by atoms with Crippen LogP contribution in [0.2, 0.25) is 0 Å². The molecule has 236 valence electrons. The number of hydrogen-bond donors (Lipinski definition) is 0. The van der Waals surface area contributed by atoms with Crippen molar-refractivity contribution >= 4 is 0 Å². The summed E-state index contributed by atoms with van der Waals surface area (Å²) in [6, 6.07) is 66.7. The summed E-state index contributed by atoms with van der Waals surface area (Å²) in [7, 11) is 0. The second-order valence-corrected chi connectivity index (χ2v) is 12.7. The molecule has 0 atom stereocenters. The van der Waals surface area contributed by atoms with Gasteiger partial charge in [0.05, 0.1) is 11.4 Å². The SMILES string of the molecule is c1ccc(-c2ccc(-c3cc(-c4ccc(-c5ccccc5)cc4)nc(-c4ccc(-c5cccc6c5-c5ccccc5OC6)cc4)c3)cc2)cc1. The number of hydrogen-bond acceptors (Lipinski definition) is 2. The maximum Gasteiger partial charge on any atom is 0.127 e. The number of para-hydroxylation sites is 1. The van der Waals surface area contributed by atoms with Crippen molar-refractivity contribution in [2.45, 2.75) is 6.61 Å². The standard InChI is InChI=1S/C48H33NO/c1-3-10-33(11-4-1)35-18-20-37(21-19-35)42-30-45(39-26-22-36(23-27-39)34-12-5-2-6-13-34)49-46(31-42)40-28-24-38(25-29-40)43-16-9-14-41-32-50-47-17-8-7-15-44(47)48(41)43/h1-31H,32H2. The van der Waals surface area contributed by atoms with Gasteiger partial charge in [-0.2, -0.15) is 0 Å². The molecule has 0 saturated carbocycles. The largest absolute Gasteiger partial charge is 0.488 e. The lowest BCUT2D eigenvalue weighted by Crippen LogP contribution is -2.06. The van der Waals surface area contributed by atoms with Gasteiger partial charge >= 0.3 is 0 Å². The van der Waals surface area contributed by atoms with Crippen molar-refractivity contribution in [3.8, 4) is 83.9 Å². The fourth-order valence-electron chi connectivity index (χ4n) is 7.00. The van der Waals surface area contributed by atoms with E-state index >= 15 is 0 Å². The first kappa shape index (κ1) is 29.6. The summed E-state index contributed by atoms with van der Waals surface area (Å²) in [6.45, 7) is 0.580. The molecule has 0 saturated heterocycles. The molecule has 0 spiro atoms. The Hall–Kier alpha value is -6.51. The summed E-state index contributed by atoms with van der Waals surface area (Å²) in [5, 5.41) is 0. The lowest BCUT2D eigenvalue weighted by molar-refractivity contribution is 0.302. The molecule has 2 nitrogen and oxygen atoms in total. The Morgan fingerprint density at radius 2 is 0.780 bits per heavy atom. The van der Waals surface area contributed by atoms with Gasteiger partial charge in [0.1, 0.15) is 12.4 Å². The van der Waals surface area contributed by atoms with E-state index in [2.05, 4.69) is 182 Å². The molecule has 0 unspecified atom stereocenters. The molecule has 0 amide bonds. The van der Waals surface area contributed by atoms with Crippen LogP contribution in [0.5, 0.6) is 5.75 Å². The van der Waals surface area contributed by atoms with E-state index in [4.69, 9.17) is 9.72 Å². The quantitative estimate of drug-likeness (QED) is 0.181. The van der Waals surface area contributed by atoms with Crippen molar-refractivity contribution in [3.63, 3.8) is 0 Å². The van der Waals surface area contributed by atoms with Gasteiger partial charge in [-0.3, -0.25) is 0 Å². The maximum atomic E-state index is 6.06. The molecule has 7 aromatic carbocycles. The Morgan fingerprint density at radius 3 is 1.36 bits per heavy atom. The molecule has 0 bridgehead atoms. The smallest absolute Gasteiger partial charge is 0.127 e. The van der Waals surface area contributed by atoms with E-state index in [1.54, 1.807) is 0 Å². The Morgan fingerprint density at radius 1 is 0.340 bits per heavy atom. The molecule has 50 heavy (non-hydrogen) atoms. The van der Waals surface area contributed by atoms with Crippen molar-refractivity contribution < 1.29 is 4.74 Å². The summed E-state index contributed by atoms with van der Waals surface area (Å²) in [4.78, 5) is 5.25. The molecular weight excluding hydrogens is 607 g/mol. The van der Waals surface area contributed by atoms with Crippen LogP contribution in [-0.2, 0) is 6.61 Å². The number of fused-ring (bicyclic) bond motifs is 3. The average Bonchev–Trinajstić information content (AvgIpc) is 3.21. The summed E-state index contributed by atoms with van der Waals surface area (Å²) in [6.07, 6.45) is 0. The minimum absolute atomic E-state index is 0.580. The first-order chi connectivity index (χ1) is 24.8. The fraction of sp³-hybridized carbons (Fsp3) is 0.0208. The molecule has 0 aliphatic carbocycles. The third-order valence-corrected chi connectivity index (χ3v) is 9.62. The fourth-order valence-corrected chi connectivity index (χ4v) is 7.00. The summed E-state index contributed by atoms with van der Waals surface area (Å²) in [5.41, 5.74) is 17.1. The number of nitrogens with zero attached hydrogens (tertiary/aromatic N) is 1. The second-order valence-electron chi connectivity index (χ2n) is 12.7. The van der Waals surface area contributed by atoms with Gasteiger partial charge in [-0.05, 0) is 73.8 Å². The van der Waals surface area contributed by atoms with Crippen LogP contribution in [0.15, 0.2) is 188 Å². The Labute approximate surface area is 293 Å². The van der Waals surface area contributed by atoms with Gasteiger partial charge in [0.2, 0.25) is 0 Å². The van der Waals surface area contributed by atoms with E-state index in [1.165, 1.54) is 44.5 Å². The molecule has 2 heteroatoms. The highest BCUT2D eigenvalue weighted by Gasteiger charge is 2.20. The molecule has 1 aromatic heterocycles. The third kappa shape index (κ3) is 5.67. The van der Waals surface area contributed by atoms with Crippen LogP contribution in [0.4, 0.5) is 0 Å². The lowest BCUT2D eigenvalue weighted by Gasteiger charge is -2.23. The Bertz CT molecular complexity index is 2330.